The molecule has 0 bridgehead atoms. The molecule has 1 fully saturated rings. The van der Waals surface area contributed by atoms with Gasteiger partial charge in [0.2, 0.25) is 5.91 Å². The van der Waals surface area contributed by atoms with Crippen LogP contribution in [0.3, 0.4) is 0 Å². The highest BCUT2D eigenvalue weighted by atomic mass is 16.2. The maximum atomic E-state index is 11.3. The number of amides is 1. The number of nitrogens with one attached hydrogen (secondary N) is 1. The number of aromatic nitrogens is 2. The van der Waals surface area contributed by atoms with E-state index in [0.717, 1.165) is 50.8 Å². The van der Waals surface area contributed by atoms with Gasteiger partial charge in [0.1, 0.15) is 18.0 Å². The van der Waals surface area contributed by atoms with Crippen molar-refractivity contribution < 1.29 is 4.79 Å². The normalized spacial score (nSPS) is 15.5. The van der Waals surface area contributed by atoms with Crippen LogP contribution in [0.15, 0.2) is 12.4 Å². The van der Waals surface area contributed by atoms with Crippen molar-refractivity contribution in [2.45, 2.75) is 20.3 Å². The lowest BCUT2D eigenvalue weighted by atomic mass is 10.3. The molecule has 2 rings (SSSR count). The molecule has 0 spiro atoms. The summed E-state index contributed by atoms with van der Waals surface area (Å²) in [5.74, 6) is 1.94. The van der Waals surface area contributed by atoms with E-state index in [0.29, 0.717) is 0 Å². The average molecular weight is 263 g/mol. The van der Waals surface area contributed by atoms with Crippen molar-refractivity contribution in [3.8, 4) is 0 Å². The van der Waals surface area contributed by atoms with Crippen molar-refractivity contribution in [2.24, 2.45) is 0 Å². The Labute approximate surface area is 113 Å². The van der Waals surface area contributed by atoms with Crippen LogP contribution in [0.4, 0.5) is 11.6 Å². The topological polar surface area (TPSA) is 61.4 Å². The Morgan fingerprint density at radius 2 is 2.05 bits per heavy atom. The predicted molar refractivity (Wildman–Crippen MR) is 75.3 cm³/mol. The number of carbonyl (C=O) groups excluding carboxylic acids is 1. The van der Waals surface area contributed by atoms with E-state index in [1.54, 1.807) is 13.3 Å². The zero-order valence-corrected chi connectivity index (χ0v) is 11.6. The highest BCUT2D eigenvalue weighted by Gasteiger charge is 2.19. The second-order valence-electron chi connectivity index (χ2n) is 4.68. The second-order valence-corrected chi connectivity index (χ2v) is 4.68. The molecule has 1 aliphatic rings. The summed E-state index contributed by atoms with van der Waals surface area (Å²) in [5, 5.41) is 3.26. The van der Waals surface area contributed by atoms with Gasteiger partial charge in [-0.05, 0) is 6.42 Å². The van der Waals surface area contributed by atoms with Crippen LogP contribution < -0.4 is 10.2 Å². The van der Waals surface area contributed by atoms with Crippen LogP contribution in [0, 0.1) is 0 Å². The Bertz CT molecular complexity index is 429. The lowest BCUT2D eigenvalue weighted by molar-refractivity contribution is -0.129. The van der Waals surface area contributed by atoms with E-state index in [4.69, 9.17) is 0 Å². The summed E-state index contributed by atoms with van der Waals surface area (Å²) in [4.78, 5) is 23.9. The third-order valence-corrected chi connectivity index (χ3v) is 3.26. The zero-order chi connectivity index (χ0) is 13.7. The minimum absolute atomic E-state index is 0.146. The number of nitrogens with zero attached hydrogens (tertiary/aromatic N) is 4. The van der Waals surface area contributed by atoms with Gasteiger partial charge in [0.25, 0.3) is 0 Å². The number of anilines is 2. The second kappa shape index (κ2) is 6.36. The van der Waals surface area contributed by atoms with Crippen molar-refractivity contribution >= 4 is 17.5 Å². The van der Waals surface area contributed by atoms with Crippen LogP contribution >= 0.6 is 0 Å². The molecule has 0 atom stereocenters. The Morgan fingerprint density at radius 3 is 2.68 bits per heavy atom. The van der Waals surface area contributed by atoms with Gasteiger partial charge < -0.3 is 15.1 Å². The fourth-order valence-corrected chi connectivity index (χ4v) is 2.12. The molecule has 0 aromatic carbocycles. The van der Waals surface area contributed by atoms with E-state index in [1.165, 1.54) is 0 Å². The molecule has 1 aliphatic heterocycles. The largest absolute Gasteiger partial charge is 0.370 e. The van der Waals surface area contributed by atoms with E-state index in [2.05, 4.69) is 27.1 Å². The maximum Gasteiger partial charge on any atom is 0.219 e. The van der Waals surface area contributed by atoms with Crippen LogP contribution in [0.5, 0.6) is 0 Å². The molecule has 0 radical (unpaired) electrons. The Morgan fingerprint density at radius 1 is 1.32 bits per heavy atom. The molecule has 2 heterocycles. The molecule has 1 aromatic heterocycles. The Kier molecular flexibility index (Phi) is 4.54. The van der Waals surface area contributed by atoms with Crippen molar-refractivity contribution in [1.82, 2.24) is 14.9 Å². The highest BCUT2D eigenvalue weighted by molar-refractivity contribution is 5.73. The van der Waals surface area contributed by atoms with Gasteiger partial charge in [0, 0.05) is 45.7 Å². The standard InChI is InChI=1S/C13H21N5O/c1-3-4-14-12-9-13(16-10-15-12)18-7-5-17(6-8-18)11(2)19/h9-10H,3-8H2,1-2H3,(H,14,15,16). The number of piperazine rings is 1. The Balaban J connectivity index is 1.97. The van der Waals surface area contributed by atoms with Crippen LogP contribution in [0.2, 0.25) is 0 Å². The van der Waals surface area contributed by atoms with Crippen LogP contribution in [-0.4, -0.2) is 53.5 Å². The molecule has 1 saturated heterocycles. The molecular formula is C13H21N5O. The third kappa shape index (κ3) is 3.56. The summed E-state index contributed by atoms with van der Waals surface area (Å²) in [6.07, 6.45) is 2.65. The molecule has 0 unspecified atom stereocenters. The smallest absolute Gasteiger partial charge is 0.219 e. The van der Waals surface area contributed by atoms with Gasteiger partial charge in [-0.3, -0.25) is 4.79 Å². The van der Waals surface area contributed by atoms with Crippen LogP contribution in [0.1, 0.15) is 20.3 Å². The number of hydrogen-bond acceptors (Lipinski definition) is 5. The molecule has 19 heavy (non-hydrogen) atoms. The van der Waals surface area contributed by atoms with Crippen molar-refractivity contribution in [3.63, 3.8) is 0 Å². The van der Waals surface area contributed by atoms with Crippen LogP contribution in [0.25, 0.3) is 0 Å². The molecule has 0 aliphatic carbocycles. The monoisotopic (exact) mass is 263 g/mol. The first-order valence-electron chi connectivity index (χ1n) is 6.77. The predicted octanol–water partition coefficient (Wildman–Crippen LogP) is 0.967. The summed E-state index contributed by atoms with van der Waals surface area (Å²) >= 11 is 0. The van der Waals surface area contributed by atoms with Gasteiger partial charge in [0.15, 0.2) is 0 Å². The fraction of sp³-hybridized carbons (Fsp3) is 0.615. The van der Waals surface area contributed by atoms with Crippen molar-refractivity contribution in [1.29, 1.82) is 0 Å². The van der Waals surface area contributed by atoms with Crippen LogP contribution in [-0.2, 0) is 4.79 Å². The van der Waals surface area contributed by atoms with Gasteiger partial charge in [0.05, 0.1) is 0 Å². The molecule has 1 N–H and O–H groups in total. The first kappa shape index (κ1) is 13.6. The molecule has 104 valence electrons. The summed E-state index contributed by atoms with van der Waals surface area (Å²) in [7, 11) is 0. The lowest BCUT2D eigenvalue weighted by Crippen LogP contribution is -2.48. The van der Waals surface area contributed by atoms with Gasteiger partial charge in [-0.1, -0.05) is 6.92 Å². The van der Waals surface area contributed by atoms with Crippen molar-refractivity contribution in [2.75, 3.05) is 42.9 Å². The minimum atomic E-state index is 0.146. The molecular weight excluding hydrogens is 242 g/mol. The quantitative estimate of drug-likeness (QED) is 0.877. The first-order valence-corrected chi connectivity index (χ1v) is 6.77. The zero-order valence-electron chi connectivity index (χ0n) is 11.6. The molecule has 1 aromatic rings. The Hall–Kier alpha value is -1.85. The lowest BCUT2D eigenvalue weighted by Gasteiger charge is -2.34. The summed E-state index contributed by atoms with van der Waals surface area (Å²) < 4.78 is 0. The SMILES string of the molecule is CCCNc1cc(N2CCN(C(C)=O)CC2)ncn1. The van der Waals surface area contributed by atoms with E-state index < -0.39 is 0 Å². The molecule has 6 nitrogen and oxygen atoms in total. The fourth-order valence-electron chi connectivity index (χ4n) is 2.12. The van der Waals surface area contributed by atoms with E-state index in [-0.39, 0.29) is 5.91 Å². The number of rotatable bonds is 4. The first-order chi connectivity index (χ1) is 9.20. The van der Waals surface area contributed by atoms with E-state index >= 15 is 0 Å². The van der Waals surface area contributed by atoms with E-state index in [9.17, 15) is 4.79 Å². The van der Waals surface area contributed by atoms with Gasteiger partial charge in [-0.25, -0.2) is 9.97 Å². The average Bonchev–Trinajstić information content (AvgIpc) is 2.45. The molecule has 0 saturated carbocycles. The maximum absolute atomic E-state index is 11.3. The summed E-state index contributed by atoms with van der Waals surface area (Å²) in [5.41, 5.74) is 0. The number of carbonyl (C=O) groups is 1. The minimum Gasteiger partial charge on any atom is -0.370 e. The third-order valence-electron chi connectivity index (χ3n) is 3.26. The molecule has 6 heteroatoms. The van der Waals surface area contributed by atoms with E-state index in [1.807, 2.05) is 11.0 Å². The van der Waals surface area contributed by atoms with Gasteiger partial charge in [-0.15, -0.1) is 0 Å². The van der Waals surface area contributed by atoms with Gasteiger partial charge in [-0.2, -0.15) is 0 Å². The van der Waals surface area contributed by atoms with Gasteiger partial charge >= 0.3 is 0 Å². The van der Waals surface area contributed by atoms with Crippen molar-refractivity contribution in [3.05, 3.63) is 12.4 Å². The molecule has 1 amide bonds. The highest BCUT2D eigenvalue weighted by Crippen LogP contribution is 2.16. The summed E-state index contributed by atoms with van der Waals surface area (Å²) in [6, 6.07) is 1.97. The number of hydrogen-bond donors (Lipinski definition) is 1. The summed E-state index contributed by atoms with van der Waals surface area (Å²) in [6.45, 7) is 7.82.